The second kappa shape index (κ2) is 7.00. The standard InChI is InChI=1S/C17H19N3O3/c21-16(12-19-17(22)18-11-14-7-4-10-23-14)20-9-3-6-13-5-1-2-8-15(13)20/h1-2,4-5,7-8,10H,3,6,9,11-12H2,(H2,18,19,22). The smallest absolute Gasteiger partial charge is 0.315 e. The van der Waals surface area contributed by atoms with Crippen molar-refractivity contribution in [3.8, 4) is 0 Å². The van der Waals surface area contributed by atoms with E-state index in [1.54, 1.807) is 23.3 Å². The van der Waals surface area contributed by atoms with Crippen molar-refractivity contribution in [2.75, 3.05) is 18.0 Å². The number of furan rings is 1. The molecule has 0 bridgehead atoms. The Morgan fingerprint density at radius 2 is 2.00 bits per heavy atom. The number of carbonyl (C=O) groups excluding carboxylic acids is 2. The number of amides is 3. The number of anilines is 1. The van der Waals surface area contributed by atoms with E-state index in [1.165, 1.54) is 5.56 Å². The van der Waals surface area contributed by atoms with Gasteiger partial charge in [-0.05, 0) is 36.6 Å². The average molecular weight is 313 g/mol. The molecule has 0 saturated heterocycles. The summed E-state index contributed by atoms with van der Waals surface area (Å²) in [4.78, 5) is 25.8. The zero-order valence-electron chi connectivity index (χ0n) is 12.7. The summed E-state index contributed by atoms with van der Waals surface area (Å²) in [6, 6.07) is 11.0. The largest absolute Gasteiger partial charge is 0.467 e. The van der Waals surface area contributed by atoms with Crippen LogP contribution in [0.2, 0.25) is 0 Å². The Morgan fingerprint density at radius 3 is 2.83 bits per heavy atom. The molecule has 3 amide bonds. The van der Waals surface area contributed by atoms with Crippen LogP contribution in [0.1, 0.15) is 17.7 Å². The van der Waals surface area contributed by atoms with E-state index >= 15 is 0 Å². The van der Waals surface area contributed by atoms with Crippen molar-refractivity contribution >= 4 is 17.6 Å². The van der Waals surface area contributed by atoms with Gasteiger partial charge in [-0.1, -0.05) is 18.2 Å². The third-order valence-electron chi connectivity index (χ3n) is 3.81. The monoisotopic (exact) mass is 313 g/mol. The summed E-state index contributed by atoms with van der Waals surface area (Å²) in [7, 11) is 0. The van der Waals surface area contributed by atoms with Crippen LogP contribution in [0.5, 0.6) is 0 Å². The van der Waals surface area contributed by atoms with Crippen molar-refractivity contribution in [1.82, 2.24) is 10.6 Å². The second-order valence-corrected chi connectivity index (χ2v) is 5.39. The van der Waals surface area contributed by atoms with Crippen LogP contribution in [0.15, 0.2) is 47.1 Å². The number of hydrogen-bond acceptors (Lipinski definition) is 3. The number of nitrogens with one attached hydrogen (secondary N) is 2. The van der Waals surface area contributed by atoms with E-state index in [1.807, 2.05) is 24.3 Å². The Balaban J connectivity index is 1.51. The van der Waals surface area contributed by atoms with E-state index < -0.39 is 0 Å². The highest BCUT2D eigenvalue weighted by Crippen LogP contribution is 2.26. The first-order valence-corrected chi connectivity index (χ1v) is 7.66. The Bertz CT molecular complexity index is 682. The predicted molar refractivity (Wildman–Crippen MR) is 86.1 cm³/mol. The average Bonchev–Trinajstić information content (AvgIpc) is 3.11. The van der Waals surface area contributed by atoms with Crippen LogP contribution in [-0.4, -0.2) is 25.0 Å². The number of aryl methyl sites for hydroxylation is 1. The lowest BCUT2D eigenvalue weighted by Gasteiger charge is -2.29. The minimum absolute atomic E-state index is 0.0294. The number of hydrogen-bond donors (Lipinski definition) is 2. The Labute approximate surface area is 134 Å². The van der Waals surface area contributed by atoms with E-state index in [2.05, 4.69) is 10.6 Å². The number of benzene rings is 1. The third-order valence-corrected chi connectivity index (χ3v) is 3.81. The topological polar surface area (TPSA) is 74.6 Å². The number of para-hydroxylation sites is 1. The molecule has 6 heteroatoms. The lowest BCUT2D eigenvalue weighted by molar-refractivity contribution is -0.117. The van der Waals surface area contributed by atoms with Gasteiger partial charge < -0.3 is 20.0 Å². The summed E-state index contributed by atoms with van der Waals surface area (Å²) in [6.45, 7) is 0.948. The molecule has 0 spiro atoms. The zero-order valence-corrected chi connectivity index (χ0v) is 12.7. The quantitative estimate of drug-likeness (QED) is 0.907. The first-order valence-electron chi connectivity index (χ1n) is 7.66. The van der Waals surface area contributed by atoms with Crippen LogP contribution in [0.4, 0.5) is 10.5 Å². The van der Waals surface area contributed by atoms with E-state index in [-0.39, 0.29) is 18.5 Å². The molecule has 0 atom stereocenters. The third kappa shape index (κ3) is 3.71. The van der Waals surface area contributed by atoms with Gasteiger partial charge in [0.25, 0.3) is 0 Å². The van der Waals surface area contributed by atoms with Gasteiger partial charge in [-0.15, -0.1) is 0 Å². The van der Waals surface area contributed by atoms with Crippen LogP contribution >= 0.6 is 0 Å². The maximum Gasteiger partial charge on any atom is 0.315 e. The van der Waals surface area contributed by atoms with Gasteiger partial charge in [0, 0.05) is 12.2 Å². The number of urea groups is 1. The van der Waals surface area contributed by atoms with Crippen molar-refractivity contribution in [3.63, 3.8) is 0 Å². The van der Waals surface area contributed by atoms with Gasteiger partial charge in [-0.2, -0.15) is 0 Å². The molecule has 23 heavy (non-hydrogen) atoms. The fraction of sp³-hybridized carbons (Fsp3) is 0.294. The highest BCUT2D eigenvalue weighted by Gasteiger charge is 2.22. The van der Waals surface area contributed by atoms with Crippen molar-refractivity contribution < 1.29 is 14.0 Å². The fourth-order valence-corrected chi connectivity index (χ4v) is 2.69. The maximum atomic E-state index is 12.4. The van der Waals surface area contributed by atoms with Gasteiger partial charge >= 0.3 is 6.03 Å². The van der Waals surface area contributed by atoms with Gasteiger partial charge in [-0.25, -0.2) is 4.79 Å². The summed E-state index contributed by atoms with van der Waals surface area (Å²) < 4.78 is 5.13. The van der Waals surface area contributed by atoms with Crippen molar-refractivity contribution in [1.29, 1.82) is 0 Å². The van der Waals surface area contributed by atoms with Crippen molar-refractivity contribution in [2.24, 2.45) is 0 Å². The molecule has 0 aliphatic carbocycles. The zero-order chi connectivity index (χ0) is 16.1. The van der Waals surface area contributed by atoms with Gasteiger partial charge in [0.2, 0.25) is 5.91 Å². The van der Waals surface area contributed by atoms with Gasteiger partial charge in [0.1, 0.15) is 5.76 Å². The highest BCUT2D eigenvalue weighted by atomic mass is 16.3. The SMILES string of the molecule is O=C(NCC(=O)N1CCCc2ccccc21)NCc1ccco1. The van der Waals surface area contributed by atoms with Crippen molar-refractivity contribution in [2.45, 2.75) is 19.4 Å². The molecule has 2 heterocycles. The van der Waals surface area contributed by atoms with Crippen LogP contribution in [0.3, 0.4) is 0 Å². The van der Waals surface area contributed by atoms with Crippen LogP contribution in [0.25, 0.3) is 0 Å². The molecule has 120 valence electrons. The fourth-order valence-electron chi connectivity index (χ4n) is 2.69. The summed E-state index contributed by atoms with van der Waals surface area (Å²) in [5, 5.41) is 5.24. The van der Waals surface area contributed by atoms with Gasteiger partial charge in [0.15, 0.2) is 0 Å². The Hall–Kier alpha value is -2.76. The minimum atomic E-state index is -0.389. The normalized spacial score (nSPS) is 13.3. The molecule has 3 rings (SSSR count). The molecule has 1 aliphatic rings. The molecule has 0 fully saturated rings. The number of carbonyl (C=O) groups is 2. The van der Waals surface area contributed by atoms with E-state index in [0.29, 0.717) is 18.8 Å². The molecule has 1 aromatic carbocycles. The minimum Gasteiger partial charge on any atom is -0.467 e. The van der Waals surface area contributed by atoms with E-state index in [4.69, 9.17) is 4.42 Å². The van der Waals surface area contributed by atoms with Crippen LogP contribution < -0.4 is 15.5 Å². The molecule has 0 radical (unpaired) electrons. The molecule has 0 unspecified atom stereocenters. The molecule has 2 aromatic rings. The lowest BCUT2D eigenvalue weighted by atomic mass is 10.0. The molecular weight excluding hydrogens is 294 g/mol. The van der Waals surface area contributed by atoms with E-state index in [0.717, 1.165) is 18.5 Å². The number of nitrogens with zero attached hydrogens (tertiary/aromatic N) is 1. The number of rotatable bonds is 4. The molecule has 1 aromatic heterocycles. The lowest BCUT2D eigenvalue weighted by Crippen LogP contribution is -2.45. The molecule has 0 saturated carbocycles. The summed E-state index contributed by atoms with van der Waals surface area (Å²) in [5.41, 5.74) is 2.12. The summed E-state index contributed by atoms with van der Waals surface area (Å²) >= 11 is 0. The Kier molecular flexibility index (Phi) is 4.61. The van der Waals surface area contributed by atoms with Crippen LogP contribution in [-0.2, 0) is 17.8 Å². The molecular formula is C17H19N3O3. The predicted octanol–water partition coefficient (Wildman–Crippen LogP) is 2.06. The first-order chi connectivity index (χ1) is 11.2. The Morgan fingerprint density at radius 1 is 1.13 bits per heavy atom. The highest BCUT2D eigenvalue weighted by molar-refractivity contribution is 5.97. The maximum absolute atomic E-state index is 12.4. The van der Waals surface area contributed by atoms with Crippen LogP contribution in [0, 0.1) is 0 Å². The van der Waals surface area contributed by atoms with Crippen molar-refractivity contribution in [3.05, 3.63) is 54.0 Å². The first kappa shape index (κ1) is 15.1. The van der Waals surface area contributed by atoms with Gasteiger partial charge in [0.05, 0.1) is 19.4 Å². The molecule has 1 aliphatic heterocycles. The summed E-state index contributed by atoms with van der Waals surface area (Å²) in [6.07, 6.45) is 3.47. The second-order valence-electron chi connectivity index (χ2n) is 5.39. The van der Waals surface area contributed by atoms with E-state index in [9.17, 15) is 9.59 Å². The number of fused-ring (bicyclic) bond motifs is 1. The van der Waals surface area contributed by atoms with Gasteiger partial charge in [-0.3, -0.25) is 4.79 Å². The molecule has 2 N–H and O–H groups in total. The molecule has 6 nitrogen and oxygen atoms in total. The summed E-state index contributed by atoms with van der Waals surface area (Å²) in [5.74, 6) is 0.557.